The molecule has 0 saturated heterocycles. The summed E-state index contributed by atoms with van der Waals surface area (Å²) >= 11 is 1.14. The molecule has 0 aliphatic carbocycles. The first-order valence-corrected chi connectivity index (χ1v) is 7.51. The van der Waals surface area contributed by atoms with Gasteiger partial charge in [-0.2, -0.15) is 0 Å². The van der Waals surface area contributed by atoms with E-state index in [2.05, 4.69) is 5.32 Å². The van der Waals surface area contributed by atoms with Gasteiger partial charge in [0.05, 0.1) is 20.0 Å². The average molecular weight is 321 g/mol. The summed E-state index contributed by atoms with van der Waals surface area (Å²) < 4.78 is 23.8. The minimum atomic E-state index is -0.330. The summed E-state index contributed by atoms with van der Waals surface area (Å²) in [6.07, 6.45) is 0. The third kappa shape index (κ3) is 4.39. The summed E-state index contributed by atoms with van der Waals surface area (Å²) in [7, 11) is 3.07. The Labute approximate surface area is 132 Å². The fraction of sp³-hybridized carbons (Fsp3) is 0.188. The van der Waals surface area contributed by atoms with Crippen LogP contribution in [0, 0.1) is 5.82 Å². The number of halogens is 1. The number of hydrogen-bond donors (Lipinski definition) is 1. The van der Waals surface area contributed by atoms with Crippen LogP contribution in [0.2, 0.25) is 0 Å². The van der Waals surface area contributed by atoms with Gasteiger partial charge in [-0.25, -0.2) is 4.39 Å². The molecule has 0 unspecified atom stereocenters. The predicted octanol–water partition coefficient (Wildman–Crippen LogP) is 3.57. The topological polar surface area (TPSA) is 47.6 Å². The first-order valence-electron chi connectivity index (χ1n) is 6.52. The Morgan fingerprint density at radius 3 is 2.36 bits per heavy atom. The lowest BCUT2D eigenvalue weighted by Gasteiger charge is -2.10. The van der Waals surface area contributed by atoms with Gasteiger partial charge in [0.15, 0.2) is 0 Å². The van der Waals surface area contributed by atoms with E-state index in [-0.39, 0.29) is 17.5 Å². The number of hydrogen-bond acceptors (Lipinski definition) is 4. The van der Waals surface area contributed by atoms with Crippen molar-refractivity contribution in [1.29, 1.82) is 0 Å². The zero-order chi connectivity index (χ0) is 15.9. The molecule has 6 heteroatoms. The van der Waals surface area contributed by atoms with Crippen molar-refractivity contribution in [2.45, 2.75) is 4.90 Å². The fourth-order valence-electron chi connectivity index (χ4n) is 1.78. The molecule has 116 valence electrons. The number of carbonyl (C=O) groups is 1. The van der Waals surface area contributed by atoms with E-state index < -0.39 is 0 Å². The number of nitrogens with one attached hydrogen (secondary N) is 1. The van der Waals surface area contributed by atoms with Crippen molar-refractivity contribution in [3.63, 3.8) is 0 Å². The summed E-state index contributed by atoms with van der Waals surface area (Å²) in [4.78, 5) is 12.4. The van der Waals surface area contributed by atoms with E-state index in [0.29, 0.717) is 22.1 Å². The third-order valence-corrected chi connectivity index (χ3v) is 3.88. The van der Waals surface area contributed by atoms with Crippen LogP contribution in [0.5, 0.6) is 11.5 Å². The molecule has 0 atom stereocenters. The Balaban J connectivity index is 1.98. The average Bonchev–Trinajstić information content (AvgIpc) is 2.53. The molecule has 22 heavy (non-hydrogen) atoms. The van der Waals surface area contributed by atoms with E-state index in [0.717, 1.165) is 11.8 Å². The predicted molar refractivity (Wildman–Crippen MR) is 85.3 cm³/mol. The molecule has 0 aromatic heterocycles. The maximum atomic E-state index is 13.5. The highest BCUT2D eigenvalue weighted by Crippen LogP contribution is 2.26. The van der Waals surface area contributed by atoms with Gasteiger partial charge in [-0.1, -0.05) is 12.1 Å². The summed E-state index contributed by atoms with van der Waals surface area (Å²) in [5.74, 6) is 0.709. The first kappa shape index (κ1) is 16.2. The van der Waals surface area contributed by atoms with Crippen LogP contribution < -0.4 is 14.8 Å². The summed E-state index contributed by atoms with van der Waals surface area (Å²) in [5, 5.41) is 2.74. The molecule has 0 heterocycles. The zero-order valence-electron chi connectivity index (χ0n) is 12.3. The molecule has 0 spiro atoms. The number of ether oxygens (including phenoxy) is 2. The van der Waals surface area contributed by atoms with E-state index in [1.165, 1.54) is 20.3 Å². The number of benzene rings is 2. The maximum Gasteiger partial charge on any atom is 0.234 e. The van der Waals surface area contributed by atoms with Crippen molar-refractivity contribution in [3.8, 4) is 11.5 Å². The second kappa shape index (κ2) is 7.70. The lowest BCUT2D eigenvalue weighted by molar-refractivity contribution is -0.113. The summed E-state index contributed by atoms with van der Waals surface area (Å²) in [6.45, 7) is 0. The van der Waals surface area contributed by atoms with Gasteiger partial charge in [-0.15, -0.1) is 11.8 Å². The Bertz CT molecular complexity index is 641. The number of amides is 1. The molecular weight excluding hydrogens is 305 g/mol. The van der Waals surface area contributed by atoms with Gasteiger partial charge in [-0.05, 0) is 12.1 Å². The largest absolute Gasteiger partial charge is 0.497 e. The minimum absolute atomic E-state index is 0.112. The smallest absolute Gasteiger partial charge is 0.234 e. The van der Waals surface area contributed by atoms with Gasteiger partial charge >= 0.3 is 0 Å². The normalized spacial score (nSPS) is 10.1. The first-order chi connectivity index (χ1) is 10.6. The Morgan fingerprint density at radius 1 is 1.14 bits per heavy atom. The highest BCUT2D eigenvalue weighted by atomic mass is 32.2. The Morgan fingerprint density at radius 2 is 1.77 bits per heavy atom. The zero-order valence-corrected chi connectivity index (χ0v) is 13.1. The van der Waals surface area contributed by atoms with Crippen LogP contribution in [0.15, 0.2) is 47.4 Å². The van der Waals surface area contributed by atoms with Crippen molar-refractivity contribution in [3.05, 3.63) is 48.3 Å². The van der Waals surface area contributed by atoms with Gasteiger partial charge in [0.25, 0.3) is 0 Å². The fourth-order valence-corrected chi connectivity index (χ4v) is 2.52. The number of methoxy groups -OCH3 is 2. The van der Waals surface area contributed by atoms with E-state index >= 15 is 0 Å². The van der Waals surface area contributed by atoms with Crippen LogP contribution in [0.1, 0.15) is 0 Å². The van der Waals surface area contributed by atoms with Gasteiger partial charge in [0, 0.05) is 28.8 Å². The SMILES string of the molecule is COc1cc(NC(=O)CSc2ccccc2F)cc(OC)c1. The molecule has 0 aliphatic rings. The minimum Gasteiger partial charge on any atom is -0.497 e. The molecule has 0 radical (unpaired) electrons. The number of rotatable bonds is 6. The van der Waals surface area contributed by atoms with Crippen LogP contribution in [0.3, 0.4) is 0 Å². The van der Waals surface area contributed by atoms with Crippen LogP contribution in [-0.2, 0) is 4.79 Å². The van der Waals surface area contributed by atoms with E-state index in [9.17, 15) is 9.18 Å². The highest BCUT2D eigenvalue weighted by Gasteiger charge is 2.08. The van der Waals surface area contributed by atoms with E-state index in [1.54, 1.807) is 36.4 Å². The molecule has 1 N–H and O–H groups in total. The second-order valence-electron chi connectivity index (χ2n) is 4.37. The molecule has 2 rings (SSSR count). The molecule has 0 saturated carbocycles. The number of carbonyl (C=O) groups excluding carboxylic acids is 1. The summed E-state index contributed by atoms with van der Waals surface area (Å²) in [5.41, 5.74) is 0.565. The monoisotopic (exact) mass is 321 g/mol. The van der Waals surface area contributed by atoms with Crippen LogP contribution >= 0.6 is 11.8 Å². The van der Waals surface area contributed by atoms with Crippen LogP contribution in [0.4, 0.5) is 10.1 Å². The molecule has 1 amide bonds. The van der Waals surface area contributed by atoms with Crippen molar-refractivity contribution < 1.29 is 18.7 Å². The van der Waals surface area contributed by atoms with Crippen molar-refractivity contribution >= 4 is 23.4 Å². The molecule has 0 aliphatic heterocycles. The lowest BCUT2D eigenvalue weighted by atomic mass is 10.2. The van der Waals surface area contributed by atoms with Crippen molar-refractivity contribution in [2.75, 3.05) is 25.3 Å². The standard InChI is InChI=1S/C16H16FNO3S/c1-20-12-7-11(8-13(9-12)21-2)18-16(19)10-22-15-6-4-3-5-14(15)17/h3-9H,10H2,1-2H3,(H,18,19). The molecule has 2 aromatic rings. The lowest BCUT2D eigenvalue weighted by Crippen LogP contribution is -2.14. The number of thioether (sulfide) groups is 1. The highest BCUT2D eigenvalue weighted by molar-refractivity contribution is 8.00. The van der Waals surface area contributed by atoms with Gasteiger partial charge < -0.3 is 14.8 Å². The summed E-state index contributed by atoms with van der Waals surface area (Å²) in [6, 6.07) is 11.4. The van der Waals surface area contributed by atoms with Crippen molar-refractivity contribution in [1.82, 2.24) is 0 Å². The van der Waals surface area contributed by atoms with Crippen molar-refractivity contribution in [2.24, 2.45) is 0 Å². The van der Waals surface area contributed by atoms with Gasteiger partial charge in [0.1, 0.15) is 17.3 Å². The molecule has 4 nitrogen and oxygen atoms in total. The maximum absolute atomic E-state index is 13.5. The second-order valence-corrected chi connectivity index (χ2v) is 5.39. The van der Waals surface area contributed by atoms with Gasteiger partial charge in [-0.3, -0.25) is 4.79 Å². The number of anilines is 1. The molecular formula is C16H16FNO3S. The Kier molecular flexibility index (Phi) is 5.66. The quantitative estimate of drug-likeness (QED) is 0.826. The van der Waals surface area contributed by atoms with E-state index in [4.69, 9.17) is 9.47 Å². The van der Waals surface area contributed by atoms with Crippen LogP contribution in [-0.4, -0.2) is 25.9 Å². The molecule has 0 bridgehead atoms. The third-order valence-electron chi connectivity index (χ3n) is 2.83. The van der Waals surface area contributed by atoms with Crippen LogP contribution in [0.25, 0.3) is 0 Å². The van der Waals surface area contributed by atoms with Gasteiger partial charge in [0.2, 0.25) is 5.91 Å². The molecule has 0 fully saturated rings. The van der Waals surface area contributed by atoms with E-state index in [1.807, 2.05) is 0 Å². The molecule has 2 aromatic carbocycles. The Hall–Kier alpha value is -2.21.